The normalized spacial score (nSPS) is 37.7. The molecule has 0 heterocycles. The summed E-state index contributed by atoms with van der Waals surface area (Å²) in [5.41, 5.74) is 6.56. The molecule has 0 spiro atoms. The molecule has 0 aliphatic heterocycles. The minimum Gasteiger partial charge on any atom is -0.329 e. The van der Waals surface area contributed by atoms with Gasteiger partial charge in [0.1, 0.15) is 0 Å². The first kappa shape index (κ1) is 14.3. The first-order valence-corrected chi connectivity index (χ1v) is 7.96. The Morgan fingerprint density at radius 1 is 1.17 bits per heavy atom. The monoisotopic (exact) mass is 252 g/mol. The lowest BCUT2D eigenvalue weighted by atomic mass is 9.79. The maximum absolute atomic E-state index is 6.02. The number of nitrogens with two attached hydrogens (primary N) is 1. The number of hydrogen-bond donors (Lipinski definition) is 2. The van der Waals surface area contributed by atoms with Gasteiger partial charge in [-0.1, -0.05) is 33.6 Å². The highest BCUT2D eigenvalue weighted by molar-refractivity contribution is 4.91. The van der Waals surface area contributed by atoms with Crippen LogP contribution < -0.4 is 11.1 Å². The van der Waals surface area contributed by atoms with Gasteiger partial charge in [0, 0.05) is 18.6 Å². The van der Waals surface area contributed by atoms with Crippen LogP contribution in [-0.2, 0) is 0 Å². The molecule has 0 aromatic carbocycles. The summed E-state index contributed by atoms with van der Waals surface area (Å²) in [5, 5.41) is 3.88. The Morgan fingerprint density at radius 2 is 1.83 bits per heavy atom. The van der Waals surface area contributed by atoms with E-state index in [1.165, 1.54) is 44.9 Å². The van der Waals surface area contributed by atoms with Gasteiger partial charge in [0.2, 0.25) is 0 Å². The molecule has 2 unspecified atom stereocenters. The van der Waals surface area contributed by atoms with Gasteiger partial charge in [0.15, 0.2) is 0 Å². The van der Waals surface area contributed by atoms with E-state index in [-0.39, 0.29) is 0 Å². The molecule has 18 heavy (non-hydrogen) atoms. The van der Waals surface area contributed by atoms with Crippen LogP contribution in [0.4, 0.5) is 0 Å². The third kappa shape index (κ3) is 3.71. The van der Waals surface area contributed by atoms with E-state index >= 15 is 0 Å². The van der Waals surface area contributed by atoms with Gasteiger partial charge in [0.25, 0.3) is 0 Å². The van der Waals surface area contributed by atoms with Crippen LogP contribution in [0.15, 0.2) is 0 Å². The molecule has 0 bridgehead atoms. The predicted octanol–water partition coefficient (Wildman–Crippen LogP) is 3.31. The summed E-state index contributed by atoms with van der Waals surface area (Å²) in [6.45, 7) is 8.00. The highest BCUT2D eigenvalue weighted by Crippen LogP contribution is 2.38. The van der Waals surface area contributed by atoms with Crippen molar-refractivity contribution < 1.29 is 0 Å². The molecule has 2 aliphatic rings. The lowest BCUT2D eigenvalue weighted by molar-refractivity contribution is 0.218. The third-order valence-electron chi connectivity index (χ3n) is 5.30. The topological polar surface area (TPSA) is 38.0 Å². The quantitative estimate of drug-likeness (QED) is 0.805. The minimum absolute atomic E-state index is 0.540. The largest absolute Gasteiger partial charge is 0.329 e. The maximum Gasteiger partial charge on any atom is 0.0221 e. The van der Waals surface area contributed by atoms with Gasteiger partial charge >= 0.3 is 0 Å². The number of hydrogen-bond acceptors (Lipinski definition) is 2. The Kier molecular flexibility index (Phi) is 4.71. The van der Waals surface area contributed by atoms with Gasteiger partial charge in [-0.2, -0.15) is 0 Å². The Bertz CT molecular complexity index is 254. The first-order valence-electron chi connectivity index (χ1n) is 7.96. The van der Waals surface area contributed by atoms with Crippen molar-refractivity contribution in [2.24, 2.45) is 23.0 Å². The fraction of sp³-hybridized carbons (Fsp3) is 1.00. The SMILES string of the molecule is CC1CCC(C(CN)NC2CCC(C)(C)C2)CC1. The summed E-state index contributed by atoms with van der Waals surface area (Å²) >= 11 is 0. The zero-order valence-electron chi connectivity index (χ0n) is 12.5. The van der Waals surface area contributed by atoms with E-state index in [9.17, 15) is 0 Å². The van der Waals surface area contributed by atoms with E-state index in [1.807, 2.05) is 0 Å². The fourth-order valence-corrected chi connectivity index (χ4v) is 3.97. The fourth-order valence-electron chi connectivity index (χ4n) is 3.97. The van der Waals surface area contributed by atoms with E-state index in [0.29, 0.717) is 17.5 Å². The van der Waals surface area contributed by atoms with Crippen LogP contribution in [0.25, 0.3) is 0 Å². The van der Waals surface area contributed by atoms with Crippen molar-refractivity contribution in [2.75, 3.05) is 6.54 Å². The van der Waals surface area contributed by atoms with Crippen LogP contribution in [-0.4, -0.2) is 18.6 Å². The minimum atomic E-state index is 0.540. The van der Waals surface area contributed by atoms with Crippen molar-refractivity contribution in [3.05, 3.63) is 0 Å². The molecule has 0 aromatic heterocycles. The van der Waals surface area contributed by atoms with E-state index in [1.54, 1.807) is 0 Å². The highest BCUT2D eigenvalue weighted by atomic mass is 15.0. The molecular formula is C16H32N2. The smallest absolute Gasteiger partial charge is 0.0221 e. The molecule has 0 saturated heterocycles. The van der Waals surface area contributed by atoms with Crippen LogP contribution in [0.2, 0.25) is 0 Å². The maximum atomic E-state index is 6.02. The molecule has 0 radical (unpaired) electrons. The zero-order chi connectivity index (χ0) is 13.2. The van der Waals surface area contributed by atoms with E-state index in [0.717, 1.165) is 18.4 Å². The van der Waals surface area contributed by atoms with Crippen molar-refractivity contribution in [2.45, 2.75) is 77.8 Å². The van der Waals surface area contributed by atoms with E-state index in [4.69, 9.17) is 5.73 Å². The van der Waals surface area contributed by atoms with Crippen LogP contribution in [0.3, 0.4) is 0 Å². The number of rotatable bonds is 4. The zero-order valence-corrected chi connectivity index (χ0v) is 12.5. The lowest BCUT2D eigenvalue weighted by Gasteiger charge is -2.34. The summed E-state index contributed by atoms with van der Waals surface area (Å²) in [6.07, 6.45) is 9.60. The molecule has 2 nitrogen and oxygen atoms in total. The molecule has 3 N–H and O–H groups in total. The van der Waals surface area contributed by atoms with Crippen LogP contribution in [0.5, 0.6) is 0 Å². The van der Waals surface area contributed by atoms with Gasteiger partial charge in [-0.3, -0.25) is 0 Å². The van der Waals surface area contributed by atoms with Gasteiger partial charge in [0.05, 0.1) is 0 Å². The molecule has 0 aromatic rings. The van der Waals surface area contributed by atoms with Crippen molar-refractivity contribution in [3.63, 3.8) is 0 Å². The summed E-state index contributed by atoms with van der Waals surface area (Å²) in [6, 6.07) is 1.28. The average Bonchev–Trinajstić information content (AvgIpc) is 2.67. The molecule has 0 amide bonds. The second-order valence-corrected chi connectivity index (χ2v) is 7.63. The Morgan fingerprint density at radius 3 is 2.33 bits per heavy atom. The Labute approximate surface area is 113 Å². The molecule has 2 saturated carbocycles. The van der Waals surface area contributed by atoms with Crippen LogP contribution in [0, 0.1) is 17.3 Å². The molecule has 2 rings (SSSR count). The molecule has 2 atom stereocenters. The highest BCUT2D eigenvalue weighted by Gasteiger charge is 2.33. The summed E-state index contributed by atoms with van der Waals surface area (Å²) < 4.78 is 0. The third-order valence-corrected chi connectivity index (χ3v) is 5.30. The van der Waals surface area contributed by atoms with Crippen molar-refractivity contribution >= 4 is 0 Å². The van der Waals surface area contributed by atoms with Gasteiger partial charge < -0.3 is 11.1 Å². The summed E-state index contributed by atoms with van der Waals surface area (Å²) in [5.74, 6) is 1.76. The Hall–Kier alpha value is -0.0800. The van der Waals surface area contributed by atoms with Crippen molar-refractivity contribution in [1.29, 1.82) is 0 Å². The number of nitrogens with one attached hydrogen (secondary N) is 1. The Balaban J connectivity index is 1.82. The van der Waals surface area contributed by atoms with Gasteiger partial charge in [-0.05, 0) is 49.4 Å². The summed E-state index contributed by atoms with van der Waals surface area (Å²) in [7, 11) is 0. The molecule has 106 valence electrons. The molecule has 2 aliphatic carbocycles. The second-order valence-electron chi connectivity index (χ2n) is 7.63. The molecule has 2 heteroatoms. The van der Waals surface area contributed by atoms with E-state index in [2.05, 4.69) is 26.1 Å². The summed E-state index contributed by atoms with van der Waals surface area (Å²) in [4.78, 5) is 0. The van der Waals surface area contributed by atoms with Crippen molar-refractivity contribution in [3.8, 4) is 0 Å². The standard InChI is InChI=1S/C16H32N2/c1-12-4-6-13(7-5-12)15(11-17)18-14-8-9-16(2,3)10-14/h12-15,18H,4-11,17H2,1-3H3. The molecule has 2 fully saturated rings. The predicted molar refractivity (Wildman–Crippen MR) is 78.5 cm³/mol. The molecular weight excluding hydrogens is 220 g/mol. The second kappa shape index (κ2) is 5.92. The first-order chi connectivity index (χ1) is 8.50. The van der Waals surface area contributed by atoms with Crippen LogP contribution >= 0.6 is 0 Å². The van der Waals surface area contributed by atoms with E-state index < -0.39 is 0 Å². The lowest BCUT2D eigenvalue weighted by Crippen LogP contribution is -2.47. The van der Waals surface area contributed by atoms with Crippen LogP contribution in [0.1, 0.15) is 65.7 Å². The van der Waals surface area contributed by atoms with Crippen molar-refractivity contribution in [1.82, 2.24) is 5.32 Å². The van der Waals surface area contributed by atoms with Gasteiger partial charge in [-0.25, -0.2) is 0 Å². The van der Waals surface area contributed by atoms with Gasteiger partial charge in [-0.15, -0.1) is 0 Å². The average molecular weight is 252 g/mol.